The molecule has 0 aromatic carbocycles. The van der Waals surface area contributed by atoms with Crippen molar-refractivity contribution in [2.24, 2.45) is 0 Å². The maximum absolute atomic E-state index is 11.8. The van der Waals surface area contributed by atoms with Crippen molar-refractivity contribution in [2.45, 2.75) is 45.9 Å². The fourth-order valence-electron chi connectivity index (χ4n) is 1.79. The number of rotatable bonds is 4. The monoisotopic (exact) mass is 237 g/mol. The van der Waals surface area contributed by atoms with Crippen LogP contribution in [0.15, 0.2) is 4.79 Å². The van der Waals surface area contributed by atoms with Crippen LogP contribution in [0.25, 0.3) is 0 Å². The number of ether oxygens (including phenoxy) is 1. The van der Waals surface area contributed by atoms with Gasteiger partial charge in [0.25, 0.3) is 5.56 Å². The van der Waals surface area contributed by atoms with Gasteiger partial charge in [-0.05, 0) is 13.3 Å². The molecule has 0 spiro atoms. The molecule has 1 atom stereocenters. The molecule has 5 nitrogen and oxygen atoms in total. The summed E-state index contributed by atoms with van der Waals surface area (Å²) in [7, 11) is 0. The summed E-state index contributed by atoms with van der Waals surface area (Å²) in [5.41, 5.74) is 1.51. The number of aromatic nitrogens is 2. The molecule has 0 unspecified atom stereocenters. The van der Waals surface area contributed by atoms with Crippen LogP contribution < -0.4 is 10.9 Å². The molecule has 0 aliphatic carbocycles. The first-order chi connectivity index (χ1) is 8.20. The second kappa shape index (κ2) is 5.42. The normalized spacial score (nSPS) is 16.6. The minimum Gasteiger partial charge on any atom is -0.376 e. The van der Waals surface area contributed by atoms with Crippen LogP contribution in [-0.4, -0.2) is 22.6 Å². The molecule has 2 heterocycles. The van der Waals surface area contributed by atoms with Gasteiger partial charge in [0.1, 0.15) is 5.82 Å². The Bertz CT molecular complexity index is 442. The molecule has 2 rings (SSSR count). The Hall–Kier alpha value is -1.20. The highest BCUT2D eigenvalue weighted by Crippen LogP contribution is 2.09. The van der Waals surface area contributed by atoms with E-state index in [2.05, 4.69) is 29.1 Å². The standard InChI is InChI=1S/C12H19N3O2/c1-3-8(2)13-6-11-14-10-4-5-17-7-9(10)12(16)15-11/h8,13H,3-7H2,1-2H3,(H,14,15,16)/t8-/m0/s1. The summed E-state index contributed by atoms with van der Waals surface area (Å²) in [6.07, 6.45) is 1.79. The molecule has 1 aliphatic heterocycles. The molecule has 1 aromatic heterocycles. The maximum atomic E-state index is 11.8. The maximum Gasteiger partial charge on any atom is 0.256 e. The summed E-state index contributed by atoms with van der Waals surface area (Å²) in [4.78, 5) is 19.1. The Balaban J connectivity index is 2.14. The van der Waals surface area contributed by atoms with Crippen LogP contribution in [0.5, 0.6) is 0 Å². The summed E-state index contributed by atoms with van der Waals surface area (Å²) in [5.74, 6) is 0.718. The van der Waals surface area contributed by atoms with E-state index in [1.807, 2.05) is 0 Å². The first kappa shape index (κ1) is 12.3. The van der Waals surface area contributed by atoms with Gasteiger partial charge in [-0.1, -0.05) is 6.92 Å². The zero-order valence-electron chi connectivity index (χ0n) is 10.4. The van der Waals surface area contributed by atoms with Gasteiger partial charge < -0.3 is 15.0 Å². The minimum atomic E-state index is -0.0596. The Kier molecular flexibility index (Phi) is 3.91. The summed E-state index contributed by atoms with van der Waals surface area (Å²) < 4.78 is 5.26. The van der Waals surface area contributed by atoms with E-state index in [1.54, 1.807) is 0 Å². The average Bonchev–Trinajstić information content (AvgIpc) is 2.36. The summed E-state index contributed by atoms with van der Waals surface area (Å²) in [5, 5.41) is 3.32. The lowest BCUT2D eigenvalue weighted by atomic mass is 10.1. The van der Waals surface area contributed by atoms with Crippen LogP contribution in [0.2, 0.25) is 0 Å². The Morgan fingerprint density at radius 3 is 3.18 bits per heavy atom. The van der Waals surface area contributed by atoms with Crippen LogP contribution >= 0.6 is 0 Å². The Labute approximate surface area is 101 Å². The van der Waals surface area contributed by atoms with Crippen molar-refractivity contribution in [3.05, 3.63) is 27.4 Å². The van der Waals surface area contributed by atoms with Gasteiger partial charge in [-0.25, -0.2) is 4.98 Å². The van der Waals surface area contributed by atoms with E-state index in [-0.39, 0.29) is 5.56 Å². The second-order valence-electron chi connectivity index (χ2n) is 4.43. The van der Waals surface area contributed by atoms with Crippen molar-refractivity contribution in [3.63, 3.8) is 0 Å². The molecule has 94 valence electrons. The number of H-pyrrole nitrogens is 1. The topological polar surface area (TPSA) is 67.0 Å². The highest BCUT2D eigenvalue weighted by atomic mass is 16.5. The third-order valence-corrected chi connectivity index (χ3v) is 3.11. The fourth-order valence-corrected chi connectivity index (χ4v) is 1.79. The first-order valence-electron chi connectivity index (χ1n) is 6.12. The zero-order chi connectivity index (χ0) is 12.3. The van der Waals surface area contributed by atoms with E-state index in [0.29, 0.717) is 31.4 Å². The van der Waals surface area contributed by atoms with Gasteiger partial charge in [-0.15, -0.1) is 0 Å². The minimum absolute atomic E-state index is 0.0596. The lowest BCUT2D eigenvalue weighted by Gasteiger charge is -2.16. The van der Waals surface area contributed by atoms with E-state index in [4.69, 9.17) is 4.74 Å². The van der Waals surface area contributed by atoms with Crippen LogP contribution in [0.1, 0.15) is 37.4 Å². The average molecular weight is 237 g/mol. The van der Waals surface area contributed by atoms with Crippen LogP contribution in [0, 0.1) is 0 Å². The van der Waals surface area contributed by atoms with Crippen molar-refractivity contribution >= 4 is 0 Å². The van der Waals surface area contributed by atoms with Crippen molar-refractivity contribution in [3.8, 4) is 0 Å². The van der Waals surface area contributed by atoms with Gasteiger partial charge in [0, 0.05) is 12.5 Å². The van der Waals surface area contributed by atoms with Gasteiger partial charge in [0.2, 0.25) is 0 Å². The summed E-state index contributed by atoms with van der Waals surface area (Å²) >= 11 is 0. The number of aromatic amines is 1. The Morgan fingerprint density at radius 2 is 2.41 bits per heavy atom. The van der Waals surface area contributed by atoms with Crippen molar-refractivity contribution in [2.75, 3.05) is 6.61 Å². The predicted octanol–water partition coefficient (Wildman–Crippen LogP) is 0.731. The molecule has 5 heteroatoms. The van der Waals surface area contributed by atoms with E-state index in [9.17, 15) is 4.79 Å². The zero-order valence-corrected chi connectivity index (χ0v) is 10.4. The van der Waals surface area contributed by atoms with Crippen molar-refractivity contribution in [1.82, 2.24) is 15.3 Å². The van der Waals surface area contributed by atoms with Gasteiger partial charge in [-0.2, -0.15) is 0 Å². The van der Waals surface area contributed by atoms with Gasteiger partial charge in [0.05, 0.1) is 31.0 Å². The van der Waals surface area contributed by atoms with Crippen LogP contribution in [0.3, 0.4) is 0 Å². The van der Waals surface area contributed by atoms with Gasteiger partial charge >= 0.3 is 0 Å². The van der Waals surface area contributed by atoms with E-state index < -0.39 is 0 Å². The quantitative estimate of drug-likeness (QED) is 0.810. The largest absolute Gasteiger partial charge is 0.376 e. The molecule has 0 saturated carbocycles. The van der Waals surface area contributed by atoms with E-state index in [0.717, 1.165) is 24.4 Å². The van der Waals surface area contributed by atoms with E-state index >= 15 is 0 Å². The third kappa shape index (κ3) is 2.92. The predicted molar refractivity (Wildman–Crippen MR) is 64.8 cm³/mol. The van der Waals surface area contributed by atoms with Crippen molar-refractivity contribution in [1.29, 1.82) is 0 Å². The highest BCUT2D eigenvalue weighted by Gasteiger charge is 2.15. The molecule has 2 N–H and O–H groups in total. The molecule has 17 heavy (non-hydrogen) atoms. The molecular formula is C12H19N3O2. The number of fused-ring (bicyclic) bond motifs is 1. The van der Waals surface area contributed by atoms with Crippen LogP contribution in [0.4, 0.5) is 0 Å². The summed E-state index contributed by atoms with van der Waals surface area (Å²) in [6, 6.07) is 0.430. The lowest BCUT2D eigenvalue weighted by Crippen LogP contribution is -2.30. The highest BCUT2D eigenvalue weighted by molar-refractivity contribution is 5.19. The number of hydrogen-bond donors (Lipinski definition) is 2. The second-order valence-corrected chi connectivity index (χ2v) is 4.43. The van der Waals surface area contributed by atoms with E-state index in [1.165, 1.54) is 0 Å². The molecule has 1 aliphatic rings. The smallest absolute Gasteiger partial charge is 0.256 e. The molecule has 0 fully saturated rings. The Morgan fingerprint density at radius 1 is 1.59 bits per heavy atom. The molecule has 0 radical (unpaired) electrons. The fraction of sp³-hybridized carbons (Fsp3) is 0.667. The number of nitrogens with zero attached hydrogens (tertiary/aromatic N) is 1. The van der Waals surface area contributed by atoms with Crippen LogP contribution in [-0.2, 0) is 24.3 Å². The van der Waals surface area contributed by atoms with Gasteiger partial charge in [0.15, 0.2) is 0 Å². The molecule has 0 amide bonds. The number of nitrogens with one attached hydrogen (secondary N) is 2. The molecular weight excluding hydrogens is 218 g/mol. The molecule has 0 saturated heterocycles. The molecule has 0 bridgehead atoms. The molecule has 1 aromatic rings. The summed E-state index contributed by atoms with van der Waals surface area (Å²) in [6.45, 7) is 5.89. The lowest BCUT2D eigenvalue weighted by molar-refractivity contribution is 0.107. The van der Waals surface area contributed by atoms with Gasteiger partial charge in [-0.3, -0.25) is 4.79 Å². The first-order valence-corrected chi connectivity index (χ1v) is 6.12. The van der Waals surface area contributed by atoms with Crippen molar-refractivity contribution < 1.29 is 4.74 Å². The number of hydrogen-bond acceptors (Lipinski definition) is 4. The SMILES string of the molecule is CC[C@H](C)NCc1nc2c(c(=O)[nH]1)COCC2. The third-order valence-electron chi connectivity index (χ3n) is 3.11.